The molecule has 2 aromatic carbocycles. The molecule has 0 aliphatic heterocycles. The van der Waals surface area contributed by atoms with Gasteiger partial charge in [-0.1, -0.05) is 24.3 Å². The fourth-order valence-electron chi connectivity index (χ4n) is 2.95. The van der Waals surface area contributed by atoms with Crippen LogP contribution in [0.25, 0.3) is 22.0 Å². The molecule has 0 N–H and O–H groups in total. The molecule has 0 spiro atoms. The van der Waals surface area contributed by atoms with Crippen molar-refractivity contribution < 1.29 is 12.8 Å². The minimum atomic E-state index is -3.78. The standard InChI is InChI=1S/C20H15FN2O2S/c1-14-4-7-18(19(21)11-14)16-6-5-15-8-10-23(20(15)12-16)26(24,25)17-3-2-9-22-13-17/h2-13H,1H3. The minimum absolute atomic E-state index is 0.101. The van der Waals surface area contributed by atoms with Crippen LogP contribution in [-0.2, 0) is 10.0 Å². The normalized spacial score (nSPS) is 11.8. The predicted octanol–water partition coefficient (Wildman–Crippen LogP) is 4.39. The molecule has 0 aliphatic rings. The molecule has 0 bridgehead atoms. The molecule has 26 heavy (non-hydrogen) atoms. The van der Waals surface area contributed by atoms with Gasteiger partial charge in [-0.2, -0.15) is 0 Å². The van der Waals surface area contributed by atoms with E-state index in [9.17, 15) is 12.8 Å². The van der Waals surface area contributed by atoms with E-state index in [1.165, 1.54) is 34.7 Å². The molecule has 0 atom stereocenters. The molecule has 4 nitrogen and oxygen atoms in total. The zero-order chi connectivity index (χ0) is 18.3. The quantitative estimate of drug-likeness (QED) is 0.540. The Morgan fingerprint density at radius 3 is 2.62 bits per heavy atom. The molecule has 4 aromatic rings. The lowest BCUT2D eigenvalue weighted by molar-refractivity contribution is 0.588. The van der Waals surface area contributed by atoms with Gasteiger partial charge in [-0.3, -0.25) is 4.98 Å². The zero-order valence-electron chi connectivity index (χ0n) is 13.9. The van der Waals surface area contributed by atoms with E-state index < -0.39 is 10.0 Å². The first-order chi connectivity index (χ1) is 12.5. The summed E-state index contributed by atoms with van der Waals surface area (Å²) >= 11 is 0. The van der Waals surface area contributed by atoms with Crippen LogP contribution in [0.5, 0.6) is 0 Å². The molecule has 0 saturated carbocycles. The van der Waals surface area contributed by atoms with Gasteiger partial charge in [0.1, 0.15) is 10.7 Å². The Bertz CT molecular complexity index is 1220. The lowest BCUT2D eigenvalue weighted by Crippen LogP contribution is -2.11. The number of rotatable bonds is 3. The molecule has 6 heteroatoms. The first kappa shape index (κ1) is 16.5. The number of pyridine rings is 1. The van der Waals surface area contributed by atoms with Gasteiger partial charge in [-0.25, -0.2) is 16.8 Å². The van der Waals surface area contributed by atoms with Crippen LogP contribution in [0.4, 0.5) is 4.39 Å². The van der Waals surface area contributed by atoms with E-state index in [1.54, 1.807) is 36.4 Å². The molecule has 4 rings (SSSR count). The Hall–Kier alpha value is -2.99. The van der Waals surface area contributed by atoms with Crippen LogP contribution >= 0.6 is 0 Å². The number of aromatic nitrogens is 2. The number of nitrogens with zero attached hydrogens (tertiary/aromatic N) is 2. The van der Waals surface area contributed by atoms with Crippen molar-refractivity contribution in [1.82, 2.24) is 8.96 Å². The average molecular weight is 366 g/mol. The number of hydrogen-bond donors (Lipinski definition) is 0. The first-order valence-electron chi connectivity index (χ1n) is 8.00. The topological polar surface area (TPSA) is 52.0 Å². The first-order valence-corrected chi connectivity index (χ1v) is 9.44. The SMILES string of the molecule is Cc1ccc(-c2ccc3ccn(S(=O)(=O)c4cccnc4)c3c2)c(F)c1. The lowest BCUT2D eigenvalue weighted by atomic mass is 10.0. The number of benzene rings is 2. The van der Waals surface area contributed by atoms with Gasteiger partial charge in [-0.15, -0.1) is 0 Å². The van der Waals surface area contributed by atoms with Gasteiger partial charge >= 0.3 is 0 Å². The summed E-state index contributed by atoms with van der Waals surface area (Å²) in [5.74, 6) is -0.336. The third-order valence-electron chi connectivity index (χ3n) is 4.28. The molecule has 0 fully saturated rings. The summed E-state index contributed by atoms with van der Waals surface area (Å²) in [5.41, 5.74) is 2.38. The Morgan fingerprint density at radius 1 is 1.04 bits per heavy atom. The van der Waals surface area contributed by atoms with E-state index in [0.29, 0.717) is 16.6 Å². The molecule has 0 radical (unpaired) electrons. The number of fused-ring (bicyclic) bond motifs is 1. The van der Waals surface area contributed by atoms with Gasteiger partial charge in [0.25, 0.3) is 10.0 Å². The maximum absolute atomic E-state index is 14.3. The maximum atomic E-state index is 14.3. The van der Waals surface area contributed by atoms with Crippen LogP contribution in [0.3, 0.4) is 0 Å². The Morgan fingerprint density at radius 2 is 1.88 bits per heavy atom. The van der Waals surface area contributed by atoms with Crippen molar-refractivity contribution in [2.75, 3.05) is 0 Å². The molecule has 2 aromatic heterocycles. The monoisotopic (exact) mass is 366 g/mol. The van der Waals surface area contributed by atoms with Crippen molar-refractivity contribution in [3.63, 3.8) is 0 Å². The summed E-state index contributed by atoms with van der Waals surface area (Å²) in [6.07, 6.45) is 4.33. The maximum Gasteiger partial charge on any atom is 0.269 e. The van der Waals surface area contributed by atoms with Crippen molar-refractivity contribution >= 4 is 20.9 Å². The highest BCUT2D eigenvalue weighted by Gasteiger charge is 2.19. The van der Waals surface area contributed by atoms with Crippen LogP contribution in [0, 0.1) is 12.7 Å². The Balaban J connectivity index is 1.91. The van der Waals surface area contributed by atoms with Crippen molar-refractivity contribution in [1.29, 1.82) is 0 Å². The minimum Gasteiger partial charge on any atom is -0.263 e. The number of aryl methyl sites for hydroxylation is 1. The summed E-state index contributed by atoms with van der Waals surface area (Å²) in [7, 11) is -3.78. The number of hydrogen-bond acceptors (Lipinski definition) is 3. The van der Waals surface area contributed by atoms with E-state index in [1.807, 2.05) is 13.0 Å². The molecular weight excluding hydrogens is 351 g/mol. The average Bonchev–Trinajstić information content (AvgIpc) is 3.06. The number of halogens is 1. The second-order valence-corrected chi connectivity index (χ2v) is 7.88. The highest BCUT2D eigenvalue weighted by Crippen LogP contribution is 2.29. The van der Waals surface area contributed by atoms with E-state index in [2.05, 4.69) is 4.98 Å². The summed E-state index contributed by atoms with van der Waals surface area (Å²) in [6, 6.07) is 15.1. The fourth-order valence-corrected chi connectivity index (χ4v) is 4.26. The van der Waals surface area contributed by atoms with Crippen molar-refractivity contribution in [2.24, 2.45) is 0 Å². The van der Waals surface area contributed by atoms with Gasteiger partial charge in [0, 0.05) is 29.5 Å². The molecule has 0 amide bonds. The Labute approximate surface area is 150 Å². The smallest absolute Gasteiger partial charge is 0.263 e. The molecular formula is C20H15FN2O2S. The third kappa shape index (κ3) is 2.68. The zero-order valence-corrected chi connectivity index (χ0v) is 14.7. The predicted molar refractivity (Wildman–Crippen MR) is 98.9 cm³/mol. The largest absolute Gasteiger partial charge is 0.269 e. The van der Waals surface area contributed by atoms with Crippen LogP contribution in [0.1, 0.15) is 5.56 Å². The van der Waals surface area contributed by atoms with Gasteiger partial charge in [-0.05, 0) is 48.4 Å². The van der Waals surface area contributed by atoms with E-state index in [4.69, 9.17) is 0 Å². The molecule has 0 unspecified atom stereocenters. The summed E-state index contributed by atoms with van der Waals surface area (Å²) < 4.78 is 41.4. The van der Waals surface area contributed by atoms with Crippen molar-refractivity contribution in [2.45, 2.75) is 11.8 Å². The molecule has 0 saturated heterocycles. The van der Waals surface area contributed by atoms with Crippen LogP contribution in [0.2, 0.25) is 0 Å². The lowest BCUT2D eigenvalue weighted by Gasteiger charge is -2.09. The fraction of sp³-hybridized carbons (Fsp3) is 0.0500. The van der Waals surface area contributed by atoms with E-state index in [-0.39, 0.29) is 10.7 Å². The van der Waals surface area contributed by atoms with Gasteiger partial charge in [0.15, 0.2) is 0 Å². The molecule has 0 aliphatic carbocycles. The molecule has 130 valence electrons. The highest BCUT2D eigenvalue weighted by molar-refractivity contribution is 7.90. The molecule has 2 heterocycles. The van der Waals surface area contributed by atoms with Crippen molar-refractivity contribution in [3.05, 3.63) is 84.6 Å². The van der Waals surface area contributed by atoms with E-state index >= 15 is 0 Å². The highest BCUT2D eigenvalue weighted by atomic mass is 32.2. The van der Waals surface area contributed by atoms with Gasteiger partial charge in [0.05, 0.1) is 5.52 Å². The summed E-state index contributed by atoms with van der Waals surface area (Å²) in [4.78, 5) is 3.99. The Kier molecular flexibility index (Phi) is 3.85. The van der Waals surface area contributed by atoms with Crippen LogP contribution in [0.15, 0.2) is 78.1 Å². The third-order valence-corrected chi connectivity index (χ3v) is 5.96. The second-order valence-electron chi connectivity index (χ2n) is 6.06. The summed E-state index contributed by atoms with van der Waals surface area (Å²) in [6.45, 7) is 1.82. The van der Waals surface area contributed by atoms with Crippen LogP contribution in [-0.4, -0.2) is 17.4 Å². The van der Waals surface area contributed by atoms with Gasteiger partial charge < -0.3 is 0 Å². The van der Waals surface area contributed by atoms with Gasteiger partial charge in [0.2, 0.25) is 0 Å². The van der Waals surface area contributed by atoms with E-state index in [0.717, 1.165) is 10.9 Å². The second kappa shape index (κ2) is 6.07. The van der Waals surface area contributed by atoms with Crippen molar-refractivity contribution in [3.8, 4) is 11.1 Å². The summed E-state index contributed by atoms with van der Waals surface area (Å²) in [5, 5.41) is 0.758. The van der Waals surface area contributed by atoms with Crippen LogP contribution < -0.4 is 0 Å².